The first-order valence-electron chi connectivity index (χ1n) is 11.6. The lowest BCUT2D eigenvalue weighted by atomic mass is 9.95. The first-order chi connectivity index (χ1) is 17.2. The highest BCUT2D eigenvalue weighted by Crippen LogP contribution is 2.38. The van der Waals surface area contributed by atoms with Gasteiger partial charge in [-0.25, -0.2) is 13.9 Å². The highest BCUT2D eigenvalue weighted by Gasteiger charge is 2.35. The molecule has 0 saturated carbocycles. The van der Waals surface area contributed by atoms with E-state index in [4.69, 9.17) is 4.74 Å². The molecule has 0 atom stereocenters. The van der Waals surface area contributed by atoms with Crippen LogP contribution in [0.2, 0.25) is 0 Å². The number of carbonyl (C=O) groups excluding carboxylic acids is 1. The molecule has 0 aliphatic carbocycles. The third kappa shape index (κ3) is 5.73. The average Bonchev–Trinajstić information content (AvgIpc) is 3.22. The number of anilines is 1. The summed E-state index contributed by atoms with van der Waals surface area (Å²) in [4.78, 5) is 16.9. The van der Waals surface area contributed by atoms with Crippen LogP contribution < -0.4 is 10.1 Å². The first-order valence-corrected chi connectivity index (χ1v) is 11.6. The van der Waals surface area contributed by atoms with Gasteiger partial charge in [0.25, 0.3) is 0 Å². The fraction of sp³-hybridized carbons (Fsp3) is 0.296. The lowest BCUT2D eigenvalue weighted by molar-refractivity contribution is -0.137. The number of carbonyl (C=O) groups is 1. The summed E-state index contributed by atoms with van der Waals surface area (Å²) in [5.41, 5.74) is -0.559. The number of halogens is 4. The summed E-state index contributed by atoms with van der Waals surface area (Å²) in [6, 6.07) is 11.1. The van der Waals surface area contributed by atoms with E-state index in [9.17, 15) is 22.4 Å². The molecule has 0 unspecified atom stereocenters. The molecule has 194 valence electrons. The van der Waals surface area contributed by atoms with E-state index >= 15 is 0 Å². The third-order valence-electron chi connectivity index (χ3n) is 5.46. The topological polar surface area (TPSA) is 68.5 Å². The van der Waals surface area contributed by atoms with Crippen molar-refractivity contribution >= 4 is 17.2 Å². The zero-order valence-electron chi connectivity index (χ0n) is 20.9. The van der Waals surface area contributed by atoms with Gasteiger partial charge in [-0.3, -0.25) is 4.79 Å². The van der Waals surface area contributed by atoms with Gasteiger partial charge in [0.2, 0.25) is 5.91 Å². The molecule has 0 bridgehead atoms. The second-order valence-electron chi connectivity index (χ2n) is 9.92. The Bertz CT molecular complexity index is 1470. The van der Waals surface area contributed by atoms with Crippen LogP contribution in [-0.4, -0.2) is 26.6 Å². The van der Waals surface area contributed by atoms with Gasteiger partial charge in [0.1, 0.15) is 11.6 Å². The van der Waals surface area contributed by atoms with Crippen molar-refractivity contribution in [3.05, 3.63) is 66.1 Å². The largest absolute Gasteiger partial charge is 0.491 e. The Morgan fingerprint density at radius 2 is 1.73 bits per heavy atom. The van der Waals surface area contributed by atoms with Gasteiger partial charge < -0.3 is 10.1 Å². The van der Waals surface area contributed by atoms with Crippen molar-refractivity contribution in [3.63, 3.8) is 0 Å². The fourth-order valence-electron chi connectivity index (χ4n) is 3.57. The van der Waals surface area contributed by atoms with Crippen LogP contribution in [0.3, 0.4) is 0 Å². The average molecular weight is 515 g/mol. The molecule has 0 saturated heterocycles. The second-order valence-corrected chi connectivity index (χ2v) is 9.92. The van der Waals surface area contributed by atoms with Crippen LogP contribution in [0, 0.1) is 11.2 Å². The minimum Gasteiger partial charge on any atom is -0.491 e. The number of amides is 1. The van der Waals surface area contributed by atoms with E-state index in [1.54, 1.807) is 39.0 Å². The predicted octanol–water partition coefficient (Wildman–Crippen LogP) is 6.99. The summed E-state index contributed by atoms with van der Waals surface area (Å²) in [5, 5.41) is 6.84. The number of nitrogens with one attached hydrogen (secondary N) is 1. The van der Waals surface area contributed by atoms with E-state index in [2.05, 4.69) is 15.4 Å². The molecule has 10 heteroatoms. The number of hydrogen-bond acceptors (Lipinski definition) is 4. The van der Waals surface area contributed by atoms with Gasteiger partial charge in [0.15, 0.2) is 5.65 Å². The van der Waals surface area contributed by atoms with Crippen molar-refractivity contribution in [2.24, 2.45) is 5.41 Å². The molecule has 0 spiro atoms. The van der Waals surface area contributed by atoms with Crippen LogP contribution in [0.5, 0.6) is 5.75 Å². The molecule has 1 amide bonds. The Labute approximate surface area is 211 Å². The number of nitrogens with zero attached hydrogens (tertiary/aromatic N) is 3. The number of fused-ring (bicyclic) bond motifs is 1. The van der Waals surface area contributed by atoms with Gasteiger partial charge in [-0.15, -0.1) is 0 Å². The predicted molar refractivity (Wildman–Crippen MR) is 133 cm³/mol. The summed E-state index contributed by atoms with van der Waals surface area (Å²) in [6.07, 6.45) is -3.22. The third-order valence-corrected chi connectivity index (χ3v) is 5.46. The van der Waals surface area contributed by atoms with Crippen molar-refractivity contribution in [3.8, 4) is 28.3 Å². The molecule has 4 rings (SSSR count). The second kappa shape index (κ2) is 9.49. The van der Waals surface area contributed by atoms with Gasteiger partial charge in [-0.05, 0) is 56.3 Å². The maximum Gasteiger partial charge on any atom is 0.418 e. The van der Waals surface area contributed by atoms with Gasteiger partial charge in [0.05, 0.1) is 34.9 Å². The number of rotatable bonds is 5. The van der Waals surface area contributed by atoms with Crippen LogP contribution in [0.1, 0.15) is 40.2 Å². The molecular formula is C27H26F4N4O2. The number of alkyl halides is 3. The minimum atomic E-state index is -4.66. The molecule has 0 aliphatic rings. The molecule has 0 aliphatic heterocycles. The van der Waals surface area contributed by atoms with E-state index in [1.807, 2.05) is 13.8 Å². The molecule has 2 heterocycles. The SMILES string of the molecule is CC(C)Oc1ccc(F)c(-c2ccc3nc(-c4ccc(C(F)(F)F)c(NC(=O)C(C)(C)C)c4)cn3n2)c1. The Morgan fingerprint density at radius 1 is 1.00 bits per heavy atom. The molecule has 4 aromatic rings. The summed E-state index contributed by atoms with van der Waals surface area (Å²) in [5.74, 6) is -0.540. The molecular weight excluding hydrogens is 488 g/mol. The highest BCUT2D eigenvalue weighted by molar-refractivity contribution is 5.96. The zero-order valence-corrected chi connectivity index (χ0v) is 20.9. The maximum atomic E-state index is 14.6. The highest BCUT2D eigenvalue weighted by atomic mass is 19.4. The van der Waals surface area contributed by atoms with Crippen molar-refractivity contribution in [2.45, 2.75) is 46.9 Å². The molecule has 1 N–H and O–H groups in total. The number of benzene rings is 2. The lowest BCUT2D eigenvalue weighted by Crippen LogP contribution is -2.28. The van der Waals surface area contributed by atoms with Gasteiger partial charge in [0, 0.05) is 16.5 Å². The van der Waals surface area contributed by atoms with Gasteiger partial charge in [-0.1, -0.05) is 26.8 Å². The van der Waals surface area contributed by atoms with Crippen LogP contribution in [0.4, 0.5) is 23.2 Å². The summed E-state index contributed by atoms with van der Waals surface area (Å²) < 4.78 is 62.5. The van der Waals surface area contributed by atoms with E-state index in [-0.39, 0.29) is 17.4 Å². The Kier molecular flexibility index (Phi) is 6.70. The van der Waals surface area contributed by atoms with Crippen LogP contribution in [0.15, 0.2) is 54.7 Å². The number of imidazole rings is 1. The van der Waals surface area contributed by atoms with E-state index < -0.39 is 28.9 Å². The van der Waals surface area contributed by atoms with Crippen molar-refractivity contribution < 1.29 is 27.1 Å². The normalized spacial score (nSPS) is 12.3. The molecule has 37 heavy (non-hydrogen) atoms. The quantitative estimate of drug-likeness (QED) is 0.292. The minimum absolute atomic E-state index is 0.0910. The lowest BCUT2D eigenvalue weighted by Gasteiger charge is -2.20. The molecule has 0 radical (unpaired) electrons. The van der Waals surface area contributed by atoms with E-state index in [0.717, 1.165) is 6.07 Å². The van der Waals surface area contributed by atoms with Crippen LogP contribution in [-0.2, 0) is 11.0 Å². The number of aromatic nitrogens is 3. The van der Waals surface area contributed by atoms with E-state index in [0.29, 0.717) is 28.3 Å². The number of hydrogen-bond donors (Lipinski definition) is 1. The van der Waals surface area contributed by atoms with Crippen molar-refractivity contribution in [2.75, 3.05) is 5.32 Å². The van der Waals surface area contributed by atoms with Crippen LogP contribution >= 0.6 is 0 Å². The van der Waals surface area contributed by atoms with Crippen molar-refractivity contribution in [1.29, 1.82) is 0 Å². The Balaban J connectivity index is 1.74. The van der Waals surface area contributed by atoms with Gasteiger partial charge in [-0.2, -0.15) is 18.3 Å². The molecule has 2 aromatic heterocycles. The molecule has 2 aromatic carbocycles. The number of ether oxygens (including phenoxy) is 1. The Morgan fingerprint density at radius 3 is 2.38 bits per heavy atom. The van der Waals surface area contributed by atoms with Gasteiger partial charge >= 0.3 is 6.18 Å². The maximum absolute atomic E-state index is 14.6. The first kappa shape index (κ1) is 26.1. The Hall–Kier alpha value is -3.95. The fourth-order valence-corrected chi connectivity index (χ4v) is 3.57. The van der Waals surface area contributed by atoms with Crippen LogP contribution in [0.25, 0.3) is 28.2 Å². The summed E-state index contributed by atoms with van der Waals surface area (Å²) in [6.45, 7) is 8.55. The molecule has 6 nitrogen and oxygen atoms in total. The standard InChI is InChI=1S/C27H26F4N4O2/c1-15(2)37-17-7-9-20(28)18(13-17)21-10-11-24-32-23(14-35(24)34-21)16-6-8-19(27(29,30)31)22(12-16)33-25(36)26(3,4)5/h6-15H,1-5H3,(H,33,36). The smallest absolute Gasteiger partial charge is 0.418 e. The van der Waals surface area contributed by atoms with Crippen molar-refractivity contribution in [1.82, 2.24) is 14.6 Å². The summed E-state index contributed by atoms with van der Waals surface area (Å²) >= 11 is 0. The monoisotopic (exact) mass is 514 g/mol. The summed E-state index contributed by atoms with van der Waals surface area (Å²) in [7, 11) is 0. The molecule has 0 fully saturated rings. The zero-order chi connectivity index (χ0) is 27.1. The van der Waals surface area contributed by atoms with E-state index in [1.165, 1.54) is 35.0 Å².